The van der Waals surface area contributed by atoms with Gasteiger partial charge in [0.05, 0.1) is 6.54 Å². The number of hydrogen-bond donors (Lipinski definition) is 3. The van der Waals surface area contributed by atoms with Crippen LogP contribution in [0.1, 0.15) is 54.4 Å². The molecule has 1 saturated carbocycles. The highest BCUT2D eigenvalue weighted by molar-refractivity contribution is 14.0. The number of carbonyl (C=O) groups excluding carboxylic acids is 1. The van der Waals surface area contributed by atoms with E-state index >= 15 is 0 Å². The van der Waals surface area contributed by atoms with Gasteiger partial charge in [0, 0.05) is 38.3 Å². The van der Waals surface area contributed by atoms with Crippen molar-refractivity contribution in [2.45, 2.75) is 72.1 Å². The Balaban J connectivity index is 0.00000625. The Morgan fingerprint density at radius 3 is 2.31 bits per heavy atom. The fraction of sp³-hybridized carbons (Fsp3) is 0.889. The number of rotatable bonds is 9. The largest absolute Gasteiger partial charge is 0.444 e. The zero-order valence-corrected chi connectivity index (χ0v) is 19.6. The fourth-order valence-electron chi connectivity index (χ4n) is 2.55. The third kappa shape index (κ3) is 11.8. The van der Waals surface area contributed by atoms with E-state index in [2.05, 4.69) is 39.7 Å². The summed E-state index contributed by atoms with van der Waals surface area (Å²) in [6.45, 7) is 15.7. The zero-order valence-electron chi connectivity index (χ0n) is 17.2. The molecule has 154 valence electrons. The van der Waals surface area contributed by atoms with Crippen molar-refractivity contribution < 1.29 is 9.53 Å². The SMILES string of the molecule is CCNC(=NCCN(C(C)C)C1CC1)NCCNC(=O)OC(C)(C)C.I. The van der Waals surface area contributed by atoms with Crippen LogP contribution in [0.2, 0.25) is 0 Å². The van der Waals surface area contributed by atoms with Gasteiger partial charge >= 0.3 is 6.09 Å². The van der Waals surface area contributed by atoms with Crippen LogP contribution in [-0.2, 0) is 4.74 Å². The average Bonchev–Trinajstić information content (AvgIpc) is 3.30. The molecule has 0 aromatic carbocycles. The summed E-state index contributed by atoms with van der Waals surface area (Å²) in [6.07, 6.45) is 2.24. The van der Waals surface area contributed by atoms with Gasteiger partial charge in [-0.2, -0.15) is 0 Å². The van der Waals surface area contributed by atoms with Crippen molar-refractivity contribution in [3.63, 3.8) is 0 Å². The van der Waals surface area contributed by atoms with Crippen molar-refractivity contribution in [3.05, 3.63) is 0 Å². The molecule has 8 heteroatoms. The molecule has 0 saturated heterocycles. The molecule has 0 atom stereocenters. The van der Waals surface area contributed by atoms with Crippen LogP contribution in [0.15, 0.2) is 4.99 Å². The van der Waals surface area contributed by atoms with Crippen LogP contribution < -0.4 is 16.0 Å². The number of hydrogen-bond acceptors (Lipinski definition) is 4. The number of guanidine groups is 1. The van der Waals surface area contributed by atoms with Gasteiger partial charge in [0.1, 0.15) is 5.60 Å². The Bertz CT molecular complexity index is 432. The van der Waals surface area contributed by atoms with E-state index in [1.54, 1.807) is 0 Å². The van der Waals surface area contributed by atoms with E-state index in [0.717, 1.165) is 31.6 Å². The van der Waals surface area contributed by atoms with Crippen molar-refractivity contribution in [1.82, 2.24) is 20.9 Å². The number of nitrogens with one attached hydrogen (secondary N) is 3. The lowest BCUT2D eigenvalue weighted by Crippen LogP contribution is -2.43. The van der Waals surface area contributed by atoms with Crippen LogP contribution in [0.25, 0.3) is 0 Å². The third-order valence-corrected chi connectivity index (χ3v) is 3.74. The molecule has 0 aromatic heterocycles. The highest BCUT2D eigenvalue weighted by atomic mass is 127. The summed E-state index contributed by atoms with van der Waals surface area (Å²) < 4.78 is 5.20. The summed E-state index contributed by atoms with van der Waals surface area (Å²) in [5.74, 6) is 0.785. The first-order valence-electron chi connectivity index (χ1n) is 9.47. The highest BCUT2D eigenvalue weighted by Crippen LogP contribution is 2.28. The van der Waals surface area contributed by atoms with Gasteiger partial charge in [0.25, 0.3) is 0 Å². The van der Waals surface area contributed by atoms with E-state index in [9.17, 15) is 4.79 Å². The first-order valence-corrected chi connectivity index (χ1v) is 9.47. The highest BCUT2D eigenvalue weighted by Gasteiger charge is 2.29. The summed E-state index contributed by atoms with van der Waals surface area (Å²) in [5, 5.41) is 9.20. The summed E-state index contributed by atoms with van der Waals surface area (Å²) >= 11 is 0. The van der Waals surface area contributed by atoms with E-state index in [1.807, 2.05) is 27.7 Å². The maximum absolute atomic E-state index is 11.6. The van der Waals surface area contributed by atoms with E-state index in [4.69, 9.17) is 4.74 Å². The number of aliphatic imine (C=N–C) groups is 1. The molecule has 26 heavy (non-hydrogen) atoms. The Morgan fingerprint density at radius 2 is 1.81 bits per heavy atom. The minimum absolute atomic E-state index is 0. The van der Waals surface area contributed by atoms with Crippen molar-refractivity contribution in [3.8, 4) is 0 Å². The summed E-state index contributed by atoms with van der Waals surface area (Å²) in [6, 6.07) is 1.32. The number of alkyl carbamates (subject to hydrolysis) is 1. The van der Waals surface area contributed by atoms with Gasteiger partial charge in [-0.05, 0) is 54.4 Å². The maximum Gasteiger partial charge on any atom is 0.407 e. The van der Waals surface area contributed by atoms with E-state index in [-0.39, 0.29) is 24.0 Å². The lowest BCUT2D eigenvalue weighted by molar-refractivity contribution is 0.0529. The Hall–Kier alpha value is -0.770. The van der Waals surface area contributed by atoms with Gasteiger partial charge in [-0.1, -0.05) is 0 Å². The van der Waals surface area contributed by atoms with Gasteiger partial charge in [-0.15, -0.1) is 24.0 Å². The normalized spacial score (nSPS) is 14.8. The van der Waals surface area contributed by atoms with Crippen molar-refractivity contribution >= 4 is 36.0 Å². The quantitative estimate of drug-likeness (QED) is 0.203. The lowest BCUT2D eigenvalue weighted by Gasteiger charge is -2.25. The lowest BCUT2D eigenvalue weighted by atomic mass is 10.2. The van der Waals surface area contributed by atoms with Crippen LogP contribution in [0.3, 0.4) is 0 Å². The Labute approximate surface area is 176 Å². The topological polar surface area (TPSA) is 78.0 Å². The number of ether oxygens (including phenoxy) is 1. The van der Waals surface area contributed by atoms with Crippen LogP contribution >= 0.6 is 24.0 Å². The monoisotopic (exact) mass is 483 g/mol. The first kappa shape index (κ1) is 25.2. The molecule has 1 rings (SSSR count). The smallest absolute Gasteiger partial charge is 0.407 e. The second-order valence-electron chi connectivity index (χ2n) is 7.68. The molecule has 1 aliphatic carbocycles. The standard InChI is InChI=1S/C18H37N5O2.HI/c1-7-19-16(20-10-11-22-17(24)25-18(4,5)6)21-12-13-23(14(2)3)15-8-9-15;/h14-15H,7-13H2,1-6H3,(H,22,24)(H2,19,20,21);1H. The van der Waals surface area contributed by atoms with Crippen molar-refractivity contribution in [2.24, 2.45) is 4.99 Å². The molecule has 7 nitrogen and oxygen atoms in total. The van der Waals surface area contributed by atoms with Crippen molar-refractivity contribution in [2.75, 3.05) is 32.7 Å². The minimum Gasteiger partial charge on any atom is -0.444 e. The molecule has 1 fully saturated rings. The number of halogens is 1. The number of amides is 1. The molecule has 0 unspecified atom stereocenters. The Morgan fingerprint density at radius 1 is 1.19 bits per heavy atom. The molecule has 0 spiro atoms. The van der Waals surface area contributed by atoms with Gasteiger partial charge < -0.3 is 20.7 Å². The molecule has 0 aliphatic heterocycles. The van der Waals surface area contributed by atoms with Crippen LogP contribution in [0.4, 0.5) is 4.79 Å². The summed E-state index contributed by atoms with van der Waals surface area (Å²) in [7, 11) is 0. The zero-order chi connectivity index (χ0) is 18.9. The van der Waals surface area contributed by atoms with E-state index in [1.165, 1.54) is 12.8 Å². The second kappa shape index (κ2) is 12.6. The van der Waals surface area contributed by atoms with Gasteiger partial charge in [0.2, 0.25) is 0 Å². The molecule has 0 radical (unpaired) electrons. The fourth-order valence-corrected chi connectivity index (χ4v) is 2.55. The van der Waals surface area contributed by atoms with Gasteiger partial charge in [-0.3, -0.25) is 9.89 Å². The molecule has 1 aliphatic rings. The molecule has 1 amide bonds. The van der Waals surface area contributed by atoms with E-state index < -0.39 is 11.7 Å². The van der Waals surface area contributed by atoms with Gasteiger partial charge in [0.15, 0.2) is 5.96 Å². The predicted molar refractivity (Wildman–Crippen MR) is 118 cm³/mol. The molecular weight excluding hydrogens is 445 g/mol. The average molecular weight is 483 g/mol. The third-order valence-electron chi connectivity index (χ3n) is 3.74. The van der Waals surface area contributed by atoms with Crippen molar-refractivity contribution in [1.29, 1.82) is 0 Å². The van der Waals surface area contributed by atoms with Crippen LogP contribution in [-0.4, -0.2) is 67.4 Å². The number of nitrogens with zero attached hydrogens (tertiary/aromatic N) is 2. The first-order chi connectivity index (χ1) is 11.7. The Kier molecular flexibility index (Phi) is 12.2. The molecule has 0 aromatic rings. The van der Waals surface area contributed by atoms with Crippen LogP contribution in [0, 0.1) is 0 Å². The molecule has 0 heterocycles. The van der Waals surface area contributed by atoms with E-state index in [0.29, 0.717) is 19.1 Å². The minimum atomic E-state index is -0.474. The molecule has 3 N–H and O–H groups in total. The predicted octanol–water partition coefficient (Wildman–Crippen LogP) is 2.56. The second-order valence-corrected chi connectivity index (χ2v) is 7.68. The molecular formula is C18H38IN5O2. The van der Waals surface area contributed by atoms with Crippen LogP contribution in [0.5, 0.6) is 0 Å². The molecule has 0 bridgehead atoms. The summed E-state index contributed by atoms with van der Waals surface area (Å²) in [5.41, 5.74) is -0.474. The van der Waals surface area contributed by atoms with Gasteiger partial charge in [-0.25, -0.2) is 4.79 Å². The maximum atomic E-state index is 11.6. The summed E-state index contributed by atoms with van der Waals surface area (Å²) in [4.78, 5) is 18.8. The number of carbonyl (C=O) groups is 1.